The molecule has 0 aromatic heterocycles. The maximum atomic E-state index is 10.5. The average Bonchev–Trinajstić information content (AvgIpc) is 2.44. The molecule has 0 aliphatic carbocycles. The van der Waals surface area contributed by atoms with E-state index in [1.54, 1.807) is 0 Å². The minimum atomic E-state index is -0.710. The van der Waals surface area contributed by atoms with Gasteiger partial charge >= 0.3 is 5.97 Å². The van der Waals surface area contributed by atoms with Crippen LogP contribution in [0.5, 0.6) is 0 Å². The van der Waals surface area contributed by atoms with Crippen LogP contribution in [0.4, 0.5) is 0 Å². The van der Waals surface area contributed by atoms with Crippen LogP contribution in [-0.2, 0) is 4.79 Å². The maximum absolute atomic E-state index is 10.5. The first kappa shape index (κ1) is 8.97. The van der Waals surface area contributed by atoms with Crippen molar-refractivity contribution in [1.82, 2.24) is 10.2 Å². The van der Waals surface area contributed by atoms with Crippen LogP contribution in [0.3, 0.4) is 0 Å². The van der Waals surface area contributed by atoms with Crippen molar-refractivity contribution in [2.45, 2.75) is 18.9 Å². The average molecular weight is 184 g/mol. The van der Waals surface area contributed by atoms with E-state index in [0.29, 0.717) is 12.0 Å². The predicted octanol–water partition coefficient (Wildman–Crippen LogP) is -0.245. The lowest BCUT2D eigenvalue weighted by molar-refractivity contribution is -0.138. The molecular weight excluding hydrogens is 168 g/mol. The lowest BCUT2D eigenvalue weighted by Gasteiger charge is -2.24. The highest BCUT2D eigenvalue weighted by molar-refractivity contribution is 5.69. The first-order valence-electron chi connectivity index (χ1n) is 4.93. The van der Waals surface area contributed by atoms with Gasteiger partial charge in [0.1, 0.15) is 0 Å². The van der Waals surface area contributed by atoms with Crippen molar-refractivity contribution in [1.29, 1.82) is 0 Å². The lowest BCUT2D eigenvalue weighted by atomic mass is 9.94. The van der Waals surface area contributed by atoms with Crippen molar-refractivity contribution in [2.24, 2.45) is 5.92 Å². The number of carboxylic acid groups (broad SMARTS) is 1. The van der Waals surface area contributed by atoms with Gasteiger partial charge in [0.2, 0.25) is 0 Å². The molecule has 0 spiro atoms. The first-order chi connectivity index (χ1) is 6.25. The molecule has 2 heterocycles. The number of hydrogen-bond donors (Lipinski definition) is 2. The molecule has 4 heteroatoms. The molecule has 0 bridgehead atoms. The number of rotatable bonds is 2. The molecule has 0 aromatic carbocycles. The van der Waals surface area contributed by atoms with Crippen molar-refractivity contribution < 1.29 is 9.90 Å². The highest BCUT2D eigenvalue weighted by Gasteiger charge is 2.34. The van der Waals surface area contributed by atoms with Crippen LogP contribution in [0.25, 0.3) is 0 Å². The van der Waals surface area contributed by atoms with E-state index in [4.69, 9.17) is 5.11 Å². The molecule has 2 fully saturated rings. The van der Waals surface area contributed by atoms with E-state index in [1.807, 2.05) is 4.90 Å². The lowest BCUT2D eigenvalue weighted by Crippen LogP contribution is -2.40. The van der Waals surface area contributed by atoms with E-state index < -0.39 is 5.97 Å². The molecule has 0 saturated carbocycles. The molecule has 2 N–H and O–H groups in total. The van der Waals surface area contributed by atoms with Gasteiger partial charge in [-0.2, -0.15) is 0 Å². The summed E-state index contributed by atoms with van der Waals surface area (Å²) in [4.78, 5) is 12.5. The monoisotopic (exact) mass is 184 g/mol. The van der Waals surface area contributed by atoms with Crippen molar-refractivity contribution in [3.63, 3.8) is 0 Å². The third-order valence-electron chi connectivity index (χ3n) is 3.03. The Morgan fingerprint density at radius 3 is 3.08 bits per heavy atom. The Morgan fingerprint density at radius 1 is 1.54 bits per heavy atom. The number of fused-ring (bicyclic) bond motifs is 1. The topological polar surface area (TPSA) is 52.6 Å². The fourth-order valence-corrected chi connectivity index (χ4v) is 2.46. The number of nitrogens with zero attached hydrogens (tertiary/aromatic N) is 1. The Bertz CT molecular complexity index is 194. The first-order valence-corrected chi connectivity index (χ1v) is 4.93. The third kappa shape index (κ3) is 2.00. The Balaban J connectivity index is 1.87. The highest BCUT2D eigenvalue weighted by atomic mass is 16.4. The van der Waals surface area contributed by atoms with Gasteiger partial charge in [-0.05, 0) is 25.3 Å². The minimum absolute atomic E-state index is 0.203. The summed E-state index contributed by atoms with van der Waals surface area (Å²) >= 11 is 0. The number of nitrogens with one attached hydrogen (secondary N) is 1. The van der Waals surface area contributed by atoms with Crippen LogP contribution < -0.4 is 5.32 Å². The molecule has 0 amide bonds. The van der Waals surface area contributed by atoms with E-state index in [-0.39, 0.29) is 6.54 Å². The van der Waals surface area contributed by atoms with Crippen LogP contribution in [-0.4, -0.2) is 48.2 Å². The molecule has 0 aromatic rings. The fraction of sp³-hybridized carbons (Fsp3) is 0.889. The van der Waals surface area contributed by atoms with Gasteiger partial charge in [-0.15, -0.1) is 0 Å². The van der Waals surface area contributed by atoms with Crippen molar-refractivity contribution in [2.75, 3.05) is 26.2 Å². The molecule has 0 unspecified atom stereocenters. The van der Waals surface area contributed by atoms with Crippen LogP contribution >= 0.6 is 0 Å². The summed E-state index contributed by atoms with van der Waals surface area (Å²) in [5, 5.41) is 12.1. The van der Waals surface area contributed by atoms with E-state index in [2.05, 4.69) is 5.32 Å². The predicted molar refractivity (Wildman–Crippen MR) is 48.6 cm³/mol. The zero-order valence-electron chi connectivity index (χ0n) is 7.70. The molecule has 13 heavy (non-hydrogen) atoms. The van der Waals surface area contributed by atoms with E-state index in [9.17, 15) is 4.79 Å². The Morgan fingerprint density at radius 2 is 2.38 bits per heavy atom. The van der Waals surface area contributed by atoms with Crippen molar-refractivity contribution >= 4 is 5.97 Å². The molecule has 2 aliphatic rings. The summed E-state index contributed by atoms with van der Waals surface area (Å²) < 4.78 is 0. The van der Waals surface area contributed by atoms with E-state index in [0.717, 1.165) is 19.6 Å². The van der Waals surface area contributed by atoms with Gasteiger partial charge in [-0.3, -0.25) is 9.69 Å². The van der Waals surface area contributed by atoms with Gasteiger partial charge in [0.15, 0.2) is 0 Å². The van der Waals surface area contributed by atoms with Gasteiger partial charge in [0, 0.05) is 19.1 Å². The normalized spacial score (nSPS) is 34.5. The zero-order chi connectivity index (χ0) is 9.26. The second-order valence-electron chi connectivity index (χ2n) is 4.05. The summed E-state index contributed by atoms with van der Waals surface area (Å²) in [6.45, 7) is 3.18. The summed E-state index contributed by atoms with van der Waals surface area (Å²) in [6.07, 6.45) is 2.50. The molecule has 2 aliphatic heterocycles. The van der Waals surface area contributed by atoms with Gasteiger partial charge in [-0.25, -0.2) is 0 Å². The van der Waals surface area contributed by atoms with E-state index in [1.165, 1.54) is 12.8 Å². The number of piperidine rings is 1. The highest BCUT2D eigenvalue weighted by Crippen LogP contribution is 2.24. The molecule has 2 atom stereocenters. The molecule has 74 valence electrons. The Labute approximate surface area is 77.9 Å². The summed E-state index contributed by atoms with van der Waals surface area (Å²) in [6, 6.07) is 0.549. The minimum Gasteiger partial charge on any atom is -0.480 e. The maximum Gasteiger partial charge on any atom is 0.317 e. The largest absolute Gasteiger partial charge is 0.480 e. The van der Waals surface area contributed by atoms with Gasteiger partial charge < -0.3 is 10.4 Å². The molecular formula is C9H16N2O2. The SMILES string of the molecule is O=C(O)CN1C[C@@H]2CCCN[C@@H]2C1. The zero-order valence-corrected chi connectivity index (χ0v) is 7.70. The smallest absolute Gasteiger partial charge is 0.317 e. The standard InChI is InChI=1S/C9H16N2O2/c12-9(13)6-11-4-7-2-1-3-10-8(7)5-11/h7-8,10H,1-6H2,(H,12,13)/t7-,8+/m0/s1. The number of aliphatic carboxylic acids is 1. The molecule has 2 saturated heterocycles. The third-order valence-corrected chi connectivity index (χ3v) is 3.03. The van der Waals surface area contributed by atoms with Crippen LogP contribution in [0.1, 0.15) is 12.8 Å². The second kappa shape index (κ2) is 3.64. The van der Waals surface area contributed by atoms with Crippen LogP contribution in [0, 0.1) is 5.92 Å². The van der Waals surface area contributed by atoms with Gasteiger partial charge in [0.05, 0.1) is 6.54 Å². The number of likely N-dealkylation sites (tertiary alicyclic amines) is 1. The quantitative estimate of drug-likeness (QED) is 0.621. The number of hydrogen-bond acceptors (Lipinski definition) is 3. The van der Waals surface area contributed by atoms with Gasteiger partial charge in [-0.1, -0.05) is 0 Å². The van der Waals surface area contributed by atoms with Crippen LogP contribution in [0.2, 0.25) is 0 Å². The molecule has 0 radical (unpaired) electrons. The van der Waals surface area contributed by atoms with Crippen molar-refractivity contribution in [3.05, 3.63) is 0 Å². The van der Waals surface area contributed by atoms with Gasteiger partial charge in [0.25, 0.3) is 0 Å². The van der Waals surface area contributed by atoms with Crippen molar-refractivity contribution in [3.8, 4) is 0 Å². The summed E-state index contributed by atoms with van der Waals surface area (Å²) in [5.74, 6) is -0.0215. The summed E-state index contributed by atoms with van der Waals surface area (Å²) in [5.41, 5.74) is 0. The summed E-state index contributed by atoms with van der Waals surface area (Å²) in [7, 11) is 0. The molecule has 2 rings (SSSR count). The number of carboxylic acids is 1. The second-order valence-corrected chi connectivity index (χ2v) is 4.05. The van der Waals surface area contributed by atoms with Crippen LogP contribution in [0.15, 0.2) is 0 Å². The van der Waals surface area contributed by atoms with E-state index >= 15 is 0 Å². The Kier molecular flexibility index (Phi) is 2.51. The fourth-order valence-electron chi connectivity index (χ4n) is 2.46. The molecule has 4 nitrogen and oxygen atoms in total. The number of carbonyl (C=O) groups is 1. The Hall–Kier alpha value is -0.610.